The Bertz CT molecular complexity index is 235. The van der Waals surface area contributed by atoms with Gasteiger partial charge in [-0.25, -0.2) is 0 Å². The summed E-state index contributed by atoms with van der Waals surface area (Å²) in [6.45, 7) is 1.14. The lowest BCUT2D eigenvalue weighted by Gasteiger charge is -2.22. The van der Waals surface area contributed by atoms with Crippen molar-refractivity contribution in [2.45, 2.75) is 25.3 Å². The highest BCUT2D eigenvalue weighted by Crippen LogP contribution is 2.20. The van der Waals surface area contributed by atoms with Gasteiger partial charge in [-0.1, -0.05) is 12.5 Å². The second-order valence-corrected chi connectivity index (χ2v) is 3.26. The van der Waals surface area contributed by atoms with E-state index < -0.39 is 0 Å². The second kappa shape index (κ2) is 7.04. The van der Waals surface area contributed by atoms with E-state index in [9.17, 15) is 0 Å². The van der Waals surface area contributed by atoms with Crippen LogP contribution in [0, 0.1) is 0 Å². The van der Waals surface area contributed by atoms with Gasteiger partial charge < -0.3 is 5.32 Å². The fourth-order valence-electron chi connectivity index (χ4n) is 1.69. The van der Waals surface area contributed by atoms with Crippen LogP contribution in [0.25, 0.3) is 0 Å². The third-order valence-corrected chi connectivity index (χ3v) is 2.36. The highest BCUT2D eigenvalue weighted by molar-refractivity contribution is 5.85. The van der Waals surface area contributed by atoms with Gasteiger partial charge in [-0.15, -0.1) is 24.8 Å². The number of hydrogen-bond donors (Lipinski definition) is 1. The van der Waals surface area contributed by atoms with E-state index in [1.807, 2.05) is 12.3 Å². The number of halogens is 2. The van der Waals surface area contributed by atoms with Crippen LogP contribution in [0.1, 0.15) is 31.0 Å². The van der Waals surface area contributed by atoms with Crippen LogP contribution < -0.4 is 5.32 Å². The lowest BCUT2D eigenvalue weighted by atomic mass is 10.0. The lowest BCUT2D eigenvalue weighted by molar-refractivity contribution is 0.405. The summed E-state index contributed by atoms with van der Waals surface area (Å²) in [6.07, 6.45) is 5.74. The molecule has 2 nitrogen and oxygen atoms in total. The molecule has 80 valence electrons. The fraction of sp³-hybridized carbons (Fsp3) is 0.500. The maximum absolute atomic E-state index is 4.34. The molecule has 1 aromatic rings. The Labute approximate surface area is 97.3 Å². The van der Waals surface area contributed by atoms with Gasteiger partial charge >= 0.3 is 0 Å². The molecule has 1 aliphatic heterocycles. The highest BCUT2D eigenvalue weighted by atomic mass is 35.5. The van der Waals surface area contributed by atoms with Gasteiger partial charge in [-0.3, -0.25) is 4.98 Å². The molecule has 0 bridgehead atoms. The molecule has 2 rings (SSSR count). The average molecular weight is 235 g/mol. The monoisotopic (exact) mass is 234 g/mol. The Balaban J connectivity index is 0.000000845. The maximum atomic E-state index is 4.34. The van der Waals surface area contributed by atoms with Gasteiger partial charge in [0.25, 0.3) is 0 Å². The predicted octanol–water partition coefficient (Wildman–Crippen LogP) is 2.74. The standard InChI is InChI=1S/C10H14N2.2ClH/c1-3-7-11-9(5-1)10-6-2-4-8-12-10;;/h1,3,5,7,10,12H,2,4,6,8H2;2*1H/t10-;;/m1../s1. The number of piperidine rings is 1. The first-order valence-electron chi connectivity index (χ1n) is 4.61. The van der Waals surface area contributed by atoms with Crippen LogP contribution in [-0.4, -0.2) is 11.5 Å². The van der Waals surface area contributed by atoms with E-state index in [-0.39, 0.29) is 24.8 Å². The molecular formula is C10H16Cl2N2. The van der Waals surface area contributed by atoms with E-state index in [0.717, 1.165) is 6.54 Å². The maximum Gasteiger partial charge on any atom is 0.0573 e. The van der Waals surface area contributed by atoms with Gasteiger partial charge in [0.1, 0.15) is 0 Å². The minimum Gasteiger partial charge on any atom is -0.309 e. The molecule has 1 fully saturated rings. The van der Waals surface area contributed by atoms with Crippen molar-refractivity contribution in [3.05, 3.63) is 30.1 Å². The first kappa shape index (κ1) is 13.7. The molecule has 2 heterocycles. The molecule has 1 atom stereocenters. The van der Waals surface area contributed by atoms with Crippen LogP contribution in [0.4, 0.5) is 0 Å². The molecule has 0 unspecified atom stereocenters. The summed E-state index contributed by atoms with van der Waals surface area (Å²) < 4.78 is 0. The zero-order valence-corrected chi connectivity index (χ0v) is 9.61. The molecule has 4 heteroatoms. The van der Waals surface area contributed by atoms with Gasteiger partial charge in [0.2, 0.25) is 0 Å². The van der Waals surface area contributed by atoms with Gasteiger partial charge in [0.05, 0.1) is 5.69 Å². The van der Waals surface area contributed by atoms with Crippen molar-refractivity contribution in [3.8, 4) is 0 Å². The molecule has 1 aromatic heterocycles. The van der Waals surface area contributed by atoms with E-state index in [1.165, 1.54) is 25.0 Å². The fourth-order valence-corrected chi connectivity index (χ4v) is 1.69. The van der Waals surface area contributed by atoms with Gasteiger partial charge in [0.15, 0.2) is 0 Å². The van der Waals surface area contributed by atoms with E-state index in [4.69, 9.17) is 0 Å². The first-order valence-corrected chi connectivity index (χ1v) is 4.61. The lowest BCUT2D eigenvalue weighted by Crippen LogP contribution is -2.27. The van der Waals surface area contributed by atoms with Gasteiger partial charge in [-0.2, -0.15) is 0 Å². The van der Waals surface area contributed by atoms with Crippen LogP contribution in [0.15, 0.2) is 24.4 Å². The summed E-state index contributed by atoms with van der Waals surface area (Å²) >= 11 is 0. The van der Waals surface area contributed by atoms with Crippen molar-refractivity contribution in [1.82, 2.24) is 10.3 Å². The quantitative estimate of drug-likeness (QED) is 0.809. The van der Waals surface area contributed by atoms with Crippen molar-refractivity contribution >= 4 is 24.8 Å². The van der Waals surface area contributed by atoms with Crippen molar-refractivity contribution in [1.29, 1.82) is 0 Å². The third kappa shape index (κ3) is 3.45. The molecule has 0 radical (unpaired) electrons. The normalized spacial score (nSPS) is 20.4. The largest absolute Gasteiger partial charge is 0.309 e. The smallest absolute Gasteiger partial charge is 0.0573 e. The molecule has 0 aliphatic carbocycles. The Morgan fingerprint density at radius 1 is 1.21 bits per heavy atom. The topological polar surface area (TPSA) is 24.9 Å². The third-order valence-electron chi connectivity index (χ3n) is 2.36. The summed E-state index contributed by atoms with van der Waals surface area (Å²) in [7, 11) is 0. The Morgan fingerprint density at radius 3 is 2.64 bits per heavy atom. The number of rotatable bonds is 1. The zero-order valence-electron chi connectivity index (χ0n) is 7.98. The molecule has 1 aliphatic rings. The Kier molecular flexibility index (Phi) is 6.89. The van der Waals surface area contributed by atoms with Crippen molar-refractivity contribution < 1.29 is 0 Å². The molecule has 0 amide bonds. The van der Waals surface area contributed by atoms with E-state index in [0.29, 0.717) is 6.04 Å². The number of nitrogens with zero attached hydrogens (tertiary/aromatic N) is 1. The molecule has 14 heavy (non-hydrogen) atoms. The Hall–Kier alpha value is -0.310. The van der Waals surface area contributed by atoms with E-state index in [1.54, 1.807) is 0 Å². The number of pyridine rings is 1. The number of aromatic nitrogens is 1. The minimum absolute atomic E-state index is 0. The molecular weight excluding hydrogens is 219 g/mol. The molecule has 0 aromatic carbocycles. The van der Waals surface area contributed by atoms with Gasteiger partial charge in [-0.05, 0) is 31.5 Å². The summed E-state index contributed by atoms with van der Waals surface area (Å²) in [4.78, 5) is 4.34. The summed E-state index contributed by atoms with van der Waals surface area (Å²) in [6, 6.07) is 6.62. The summed E-state index contributed by atoms with van der Waals surface area (Å²) in [5.41, 5.74) is 1.19. The highest BCUT2D eigenvalue weighted by Gasteiger charge is 2.14. The minimum atomic E-state index is 0. The van der Waals surface area contributed by atoms with Crippen molar-refractivity contribution in [3.63, 3.8) is 0 Å². The van der Waals surface area contributed by atoms with E-state index >= 15 is 0 Å². The van der Waals surface area contributed by atoms with Crippen LogP contribution in [-0.2, 0) is 0 Å². The first-order chi connectivity index (χ1) is 5.97. The average Bonchev–Trinajstić information content (AvgIpc) is 2.21. The van der Waals surface area contributed by atoms with Crippen molar-refractivity contribution in [2.24, 2.45) is 0 Å². The number of nitrogens with one attached hydrogen (secondary N) is 1. The zero-order chi connectivity index (χ0) is 8.23. The molecule has 0 saturated carbocycles. The predicted molar refractivity (Wildman–Crippen MR) is 63.3 cm³/mol. The second-order valence-electron chi connectivity index (χ2n) is 3.26. The van der Waals surface area contributed by atoms with Gasteiger partial charge in [0, 0.05) is 12.2 Å². The van der Waals surface area contributed by atoms with Crippen LogP contribution in [0.5, 0.6) is 0 Å². The Morgan fingerprint density at radius 2 is 2.07 bits per heavy atom. The molecule has 1 N–H and O–H groups in total. The van der Waals surface area contributed by atoms with E-state index in [2.05, 4.69) is 22.4 Å². The van der Waals surface area contributed by atoms with Crippen LogP contribution in [0.3, 0.4) is 0 Å². The van der Waals surface area contributed by atoms with Crippen molar-refractivity contribution in [2.75, 3.05) is 6.54 Å². The summed E-state index contributed by atoms with van der Waals surface area (Å²) in [5.74, 6) is 0. The van der Waals surface area contributed by atoms with Crippen LogP contribution in [0.2, 0.25) is 0 Å². The molecule has 0 spiro atoms. The number of hydrogen-bond acceptors (Lipinski definition) is 2. The SMILES string of the molecule is Cl.Cl.c1ccc([C@H]2CCCCN2)nc1. The molecule has 1 saturated heterocycles. The van der Waals surface area contributed by atoms with Crippen LogP contribution >= 0.6 is 24.8 Å². The summed E-state index contributed by atoms with van der Waals surface area (Å²) in [5, 5.41) is 3.47.